The zero-order valence-corrected chi connectivity index (χ0v) is 16.7. The maximum atomic E-state index is 12.1. The first-order valence-electron chi connectivity index (χ1n) is 9.52. The summed E-state index contributed by atoms with van der Waals surface area (Å²) in [6.45, 7) is 4.00. The molecule has 4 N–H and O–H groups in total. The Labute approximate surface area is 175 Å². The highest BCUT2D eigenvalue weighted by atomic mass is 16.4. The van der Waals surface area contributed by atoms with E-state index in [9.17, 15) is 19.5 Å². The molecule has 0 fully saturated rings. The molecule has 11 nitrogen and oxygen atoms in total. The molecule has 0 saturated carbocycles. The number of aromatic amines is 1. The molecule has 3 heterocycles. The lowest BCUT2D eigenvalue weighted by molar-refractivity contribution is -0.115. The van der Waals surface area contributed by atoms with E-state index in [4.69, 9.17) is 0 Å². The Kier molecular flexibility index (Phi) is 5.07. The van der Waals surface area contributed by atoms with E-state index in [-0.39, 0.29) is 23.2 Å². The largest absolute Gasteiger partial charge is 0.478 e. The van der Waals surface area contributed by atoms with Crippen molar-refractivity contribution in [2.75, 3.05) is 11.9 Å². The average molecular weight is 421 g/mol. The molecule has 158 valence electrons. The minimum Gasteiger partial charge on any atom is -0.478 e. The fraction of sp³-hybridized carbons (Fsp3) is 0.200. The van der Waals surface area contributed by atoms with Gasteiger partial charge in [-0.3, -0.25) is 15.1 Å². The SMILES string of the molecule is CCNC(=O)Nc1nc2cc(C3=CC(=O)C(C)C=N3)cc(-n3cc(C(=O)O)cn3)c2[nH]1. The van der Waals surface area contributed by atoms with Crippen molar-refractivity contribution in [1.82, 2.24) is 25.1 Å². The van der Waals surface area contributed by atoms with Crippen molar-refractivity contribution in [2.24, 2.45) is 10.9 Å². The van der Waals surface area contributed by atoms with Crippen molar-refractivity contribution < 1.29 is 19.5 Å². The van der Waals surface area contributed by atoms with Crippen LogP contribution in [-0.4, -0.2) is 55.4 Å². The van der Waals surface area contributed by atoms with Gasteiger partial charge < -0.3 is 15.4 Å². The van der Waals surface area contributed by atoms with Crippen LogP contribution in [0.5, 0.6) is 0 Å². The number of imidazole rings is 1. The van der Waals surface area contributed by atoms with Crippen LogP contribution in [0.15, 0.2) is 35.6 Å². The molecule has 3 aromatic rings. The summed E-state index contributed by atoms with van der Waals surface area (Å²) in [6.07, 6.45) is 5.63. The van der Waals surface area contributed by atoms with E-state index < -0.39 is 12.0 Å². The molecule has 1 atom stereocenters. The summed E-state index contributed by atoms with van der Waals surface area (Å²) in [4.78, 5) is 47.1. The van der Waals surface area contributed by atoms with Gasteiger partial charge >= 0.3 is 12.0 Å². The van der Waals surface area contributed by atoms with E-state index in [1.807, 2.05) is 0 Å². The molecule has 0 spiro atoms. The first-order chi connectivity index (χ1) is 14.9. The fourth-order valence-electron chi connectivity index (χ4n) is 3.09. The summed E-state index contributed by atoms with van der Waals surface area (Å²) in [5.41, 5.74) is 2.56. The monoisotopic (exact) mass is 421 g/mol. The van der Waals surface area contributed by atoms with Gasteiger partial charge in [0.25, 0.3) is 0 Å². The van der Waals surface area contributed by atoms with Gasteiger partial charge in [0, 0.05) is 30.6 Å². The number of H-pyrrole nitrogens is 1. The van der Waals surface area contributed by atoms with Gasteiger partial charge in [0.1, 0.15) is 0 Å². The molecular formula is C20H19N7O4. The number of nitrogens with one attached hydrogen (secondary N) is 3. The van der Waals surface area contributed by atoms with Crippen molar-refractivity contribution >= 4 is 46.7 Å². The summed E-state index contributed by atoms with van der Waals surface area (Å²) in [5.74, 6) is -1.27. The lowest BCUT2D eigenvalue weighted by Gasteiger charge is -2.12. The summed E-state index contributed by atoms with van der Waals surface area (Å²) < 4.78 is 1.39. The highest BCUT2D eigenvalue weighted by Crippen LogP contribution is 2.29. The third kappa shape index (κ3) is 3.92. The molecule has 2 amide bonds. The molecule has 2 aromatic heterocycles. The van der Waals surface area contributed by atoms with Crippen LogP contribution in [0.25, 0.3) is 22.4 Å². The predicted octanol–water partition coefficient (Wildman–Crippen LogP) is 2.22. The Balaban J connectivity index is 1.85. The van der Waals surface area contributed by atoms with Gasteiger partial charge in [-0.05, 0) is 19.1 Å². The zero-order chi connectivity index (χ0) is 22.1. The Morgan fingerprint density at radius 3 is 2.81 bits per heavy atom. The molecule has 1 aliphatic rings. The van der Waals surface area contributed by atoms with Crippen molar-refractivity contribution in [3.63, 3.8) is 0 Å². The van der Waals surface area contributed by atoms with Crippen LogP contribution in [0.2, 0.25) is 0 Å². The number of fused-ring (bicyclic) bond motifs is 1. The number of carbonyl (C=O) groups is 3. The maximum absolute atomic E-state index is 12.1. The number of rotatable bonds is 5. The third-order valence-electron chi connectivity index (χ3n) is 4.68. The summed E-state index contributed by atoms with van der Waals surface area (Å²) >= 11 is 0. The smallest absolute Gasteiger partial charge is 0.338 e. The molecule has 4 rings (SSSR count). The number of aromatic carboxylic acids is 1. The Morgan fingerprint density at radius 1 is 1.32 bits per heavy atom. The quantitative estimate of drug-likeness (QED) is 0.495. The first kappa shape index (κ1) is 20.0. The zero-order valence-electron chi connectivity index (χ0n) is 16.7. The minimum atomic E-state index is -1.11. The lowest BCUT2D eigenvalue weighted by Crippen LogP contribution is -2.28. The molecule has 11 heteroatoms. The topological polar surface area (TPSA) is 154 Å². The van der Waals surface area contributed by atoms with Crippen molar-refractivity contribution in [3.8, 4) is 5.69 Å². The summed E-state index contributed by atoms with van der Waals surface area (Å²) in [6, 6.07) is 3.03. The van der Waals surface area contributed by atoms with Gasteiger partial charge in [-0.2, -0.15) is 5.10 Å². The maximum Gasteiger partial charge on any atom is 0.338 e. The summed E-state index contributed by atoms with van der Waals surface area (Å²) in [7, 11) is 0. The van der Waals surface area contributed by atoms with E-state index in [1.165, 1.54) is 23.2 Å². The Morgan fingerprint density at radius 2 is 2.13 bits per heavy atom. The number of urea groups is 1. The third-order valence-corrected chi connectivity index (χ3v) is 4.68. The molecule has 1 aromatic carbocycles. The molecular weight excluding hydrogens is 402 g/mol. The molecule has 0 aliphatic carbocycles. The normalized spacial score (nSPS) is 15.7. The van der Waals surface area contributed by atoms with Crippen molar-refractivity contribution in [2.45, 2.75) is 13.8 Å². The Bertz CT molecular complexity index is 1270. The van der Waals surface area contributed by atoms with Crippen LogP contribution in [0.1, 0.15) is 29.8 Å². The number of carboxylic acids is 1. The molecule has 1 aliphatic heterocycles. The number of aliphatic imine (C=N–C) groups is 1. The predicted molar refractivity (Wildman–Crippen MR) is 114 cm³/mol. The second kappa shape index (κ2) is 7.86. The van der Waals surface area contributed by atoms with Crippen molar-refractivity contribution in [3.05, 3.63) is 41.7 Å². The number of hydrogen-bond donors (Lipinski definition) is 4. The van der Waals surface area contributed by atoms with Gasteiger partial charge in [-0.1, -0.05) is 6.92 Å². The van der Waals surface area contributed by atoms with Gasteiger partial charge in [0.2, 0.25) is 5.95 Å². The molecule has 0 saturated heterocycles. The highest BCUT2D eigenvalue weighted by Gasteiger charge is 2.19. The molecule has 31 heavy (non-hydrogen) atoms. The van der Waals surface area contributed by atoms with Crippen molar-refractivity contribution in [1.29, 1.82) is 0 Å². The number of hydrogen-bond acceptors (Lipinski definition) is 6. The van der Waals surface area contributed by atoms with E-state index in [0.717, 1.165) is 0 Å². The number of ketones is 1. The van der Waals surface area contributed by atoms with Gasteiger partial charge in [-0.25, -0.2) is 19.3 Å². The van der Waals surface area contributed by atoms with Gasteiger partial charge in [-0.15, -0.1) is 0 Å². The van der Waals surface area contributed by atoms with Gasteiger partial charge in [0.15, 0.2) is 5.78 Å². The number of carboxylic acid groups (broad SMARTS) is 1. The van der Waals surface area contributed by atoms with E-state index in [0.29, 0.717) is 34.5 Å². The fourth-order valence-corrected chi connectivity index (χ4v) is 3.09. The molecule has 0 bridgehead atoms. The van der Waals surface area contributed by atoms with E-state index in [2.05, 4.69) is 30.7 Å². The van der Waals surface area contributed by atoms with Gasteiger partial charge in [0.05, 0.1) is 40.1 Å². The van der Waals surface area contributed by atoms with E-state index >= 15 is 0 Å². The Hall–Kier alpha value is -4.28. The van der Waals surface area contributed by atoms with Crippen LogP contribution >= 0.6 is 0 Å². The van der Waals surface area contributed by atoms with Crippen LogP contribution in [0, 0.1) is 5.92 Å². The lowest BCUT2D eigenvalue weighted by atomic mass is 10.0. The number of anilines is 1. The second-order valence-corrected chi connectivity index (χ2v) is 6.94. The van der Waals surface area contributed by atoms with E-state index in [1.54, 1.807) is 32.2 Å². The number of aromatic nitrogens is 4. The number of nitrogens with zero attached hydrogens (tertiary/aromatic N) is 4. The number of amides is 2. The highest BCUT2D eigenvalue weighted by molar-refractivity contribution is 6.10. The van der Waals surface area contributed by atoms with Crippen LogP contribution in [0.3, 0.4) is 0 Å². The van der Waals surface area contributed by atoms with Crippen LogP contribution < -0.4 is 10.6 Å². The second-order valence-electron chi connectivity index (χ2n) is 6.94. The number of carbonyl (C=O) groups excluding carboxylic acids is 2. The molecule has 1 unspecified atom stereocenters. The van der Waals surface area contributed by atoms with Crippen LogP contribution in [0.4, 0.5) is 10.7 Å². The average Bonchev–Trinajstić information content (AvgIpc) is 3.36. The summed E-state index contributed by atoms with van der Waals surface area (Å²) in [5, 5.41) is 18.6. The number of allylic oxidation sites excluding steroid dienone is 1. The number of benzene rings is 1. The minimum absolute atomic E-state index is 0.0117. The first-order valence-corrected chi connectivity index (χ1v) is 9.52. The molecule has 0 radical (unpaired) electrons. The standard InChI is InChI=1S/C20H19N7O4/c1-3-21-20(31)26-19-24-14-4-11(13-6-16(28)10(2)7-22-13)5-15(17(14)25-19)27-9-12(8-23-27)18(29)30/h4-10H,3H2,1-2H3,(H,29,30)(H3,21,24,25,26,31). The van der Waals surface area contributed by atoms with Crippen LogP contribution in [-0.2, 0) is 4.79 Å².